The molecule has 1 aliphatic carbocycles. The van der Waals surface area contributed by atoms with E-state index in [4.69, 9.17) is 4.74 Å². The first-order chi connectivity index (χ1) is 15.2. The maximum absolute atomic E-state index is 13.4. The van der Waals surface area contributed by atoms with Crippen LogP contribution in [0.3, 0.4) is 0 Å². The number of anilines is 1. The molecule has 0 radical (unpaired) electrons. The van der Waals surface area contributed by atoms with Crippen LogP contribution >= 0.6 is 0 Å². The van der Waals surface area contributed by atoms with Gasteiger partial charge >= 0.3 is 6.03 Å². The fraction of sp³-hybridized carbons (Fsp3) is 0.667. The number of amides is 3. The van der Waals surface area contributed by atoms with Gasteiger partial charge in [-0.2, -0.15) is 0 Å². The predicted molar refractivity (Wildman–Crippen MR) is 125 cm³/mol. The zero-order valence-corrected chi connectivity index (χ0v) is 19.9. The molecule has 0 unspecified atom stereocenters. The monoisotopic (exact) mass is 446 g/mol. The van der Waals surface area contributed by atoms with Crippen molar-refractivity contribution in [3.8, 4) is 5.75 Å². The van der Waals surface area contributed by atoms with Gasteiger partial charge in [-0.3, -0.25) is 4.79 Å². The van der Waals surface area contributed by atoms with Gasteiger partial charge in [0.15, 0.2) is 5.75 Å². The second-order valence-electron chi connectivity index (χ2n) is 9.72. The molecule has 8 nitrogen and oxygen atoms in total. The lowest BCUT2D eigenvalue weighted by atomic mass is 9.99. The molecule has 2 aliphatic rings. The Hall–Kier alpha value is -2.32. The summed E-state index contributed by atoms with van der Waals surface area (Å²) in [5, 5.41) is 15.4. The number of carbonyl (C=O) groups excluding carboxylic acids is 2. The fourth-order valence-corrected chi connectivity index (χ4v) is 4.10. The van der Waals surface area contributed by atoms with Gasteiger partial charge in [0.1, 0.15) is 6.10 Å². The van der Waals surface area contributed by atoms with Crippen LogP contribution in [0.15, 0.2) is 18.2 Å². The van der Waals surface area contributed by atoms with Crippen LogP contribution in [0.2, 0.25) is 0 Å². The molecule has 0 aromatic heterocycles. The number of para-hydroxylation sites is 1. The number of urea groups is 1. The number of carbonyl (C=O) groups is 2. The van der Waals surface area contributed by atoms with E-state index in [9.17, 15) is 14.7 Å². The average molecular weight is 447 g/mol. The number of fused-ring (bicyclic) bond motifs is 1. The van der Waals surface area contributed by atoms with Crippen LogP contribution in [0.1, 0.15) is 50.9 Å². The molecule has 1 aliphatic heterocycles. The van der Waals surface area contributed by atoms with Crippen LogP contribution in [0.4, 0.5) is 10.5 Å². The van der Waals surface area contributed by atoms with E-state index in [0.29, 0.717) is 23.5 Å². The van der Waals surface area contributed by atoms with Crippen molar-refractivity contribution in [1.82, 2.24) is 15.1 Å². The van der Waals surface area contributed by atoms with Crippen LogP contribution in [0.25, 0.3) is 0 Å². The van der Waals surface area contributed by atoms with Gasteiger partial charge in [0.25, 0.3) is 5.91 Å². The molecule has 1 saturated carbocycles. The molecule has 1 fully saturated rings. The normalized spacial score (nSPS) is 22.1. The van der Waals surface area contributed by atoms with Crippen LogP contribution in [-0.4, -0.2) is 78.3 Å². The van der Waals surface area contributed by atoms with Gasteiger partial charge in [-0.25, -0.2) is 4.79 Å². The van der Waals surface area contributed by atoms with Crippen LogP contribution in [0, 0.1) is 11.8 Å². The largest absolute Gasteiger partial charge is 0.486 e. The summed E-state index contributed by atoms with van der Waals surface area (Å²) in [4.78, 5) is 29.8. The highest BCUT2D eigenvalue weighted by Gasteiger charge is 2.35. The third-order valence-corrected chi connectivity index (χ3v) is 6.12. The number of ether oxygens (including phenoxy) is 1. The Balaban J connectivity index is 1.94. The van der Waals surface area contributed by atoms with Gasteiger partial charge in [0.05, 0.1) is 23.9 Å². The number of nitrogens with one attached hydrogen (secondary N) is 2. The van der Waals surface area contributed by atoms with Gasteiger partial charge in [-0.15, -0.1) is 0 Å². The Morgan fingerprint density at radius 3 is 2.62 bits per heavy atom. The molecule has 1 aromatic carbocycles. The molecule has 3 atom stereocenters. The van der Waals surface area contributed by atoms with Gasteiger partial charge in [0.2, 0.25) is 0 Å². The quantitative estimate of drug-likeness (QED) is 0.571. The Kier molecular flexibility index (Phi) is 8.00. The molecular formula is C24H38N4O4. The number of hydrogen-bond acceptors (Lipinski definition) is 5. The Labute approximate surface area is 191 Å². The van der Waals surface area contributed by atoms with E-state index in [1.807, 2.05) is 20.8 Å². The Morgan fingerprint density at radius 2 is 2.00 bits per heavy atom. The van der Waals surface area contributed by atoms with E-state index in [-0.39, 0.29) is 42.7 Å². The van der Waals surface area contributed by atoms with Crippen LogP contribution in [0.5, 0.6) is 5.75 Å². The average Bonchev–Trinajstić information content (AvgIpc) is 3.53. The first-order valence-electron chi connectivity index (χ1n) is 11.7. The molecule has 8 heteroatoms. The smallest absolute Gasteiger partial charge is 0.319 e. The molecule has 3 rings (SSSR count). The lowest BCUT2D eigenvalue weighted by Crippen LogP contribution is -2.50. The molecule has 0 saturated heterocycles. The number of hydrogen-bond donors (Lipinski definition) is 3. The first-order valence-corrected chi connectivity index (χ1v) is 11.7. The van der Waals surface area contributed by atoms with Crippen molar-refractivity contribution in [3.05, 3.63) is 23.8 Å². The first kappa shape index (κ1) is 24.3. The third-order valence-electron chi connectivity index (χ3n) is 6.12. The molecule has 0 spiro atoms. The van der Waals surface area contributed by atoms with E-state index in [1.165, 1.54) is 12.8 Å². The van der Waals surface area contributed by atoms with E-state index >= 15 is 0 Å². The summed E-state index contributed by atoms with van der Waals surface area (Å²) in [5.41, 5.74) is 0.865. The summed E-state index contributed by atoms with van der Waals surface area (Å²) in [6, 6.07) is 4.54. The highest BCUT2D eigenvalue weighted by atomic mass is 16.5. The molecule has 1 aromatic rings. The molecule has 3 amide bonds. The Morgan fingerprint density at radius 1 is 1.28 bits per heavy atom. The van der Waals surface area contributed by atoms with Crippen molar-refractivity contribution in [3.63, 3.8) is 0 Å². The minimum absolute atomic E-state index is 0.0205. The highest BCUT2D eigenvalue weighted by Crippen LogP contribution is 2.35. The highest BCUT2D eigenvalue weighted by molar-refractivity contribution is 6.01. The minimum Gasteiger partial charge on any atom is -0.486 e. The van der Waals surface area contributed by atoms with Crippen molar-refractivity contribution < 1.29 is 19.4 Å². The molecule has 3 N–H and O–H groups in total. The second kappa shape index (κ2) is 10.5. The van der Waals surface area contributed by atoms with Gasteiger partial charge in [0, 0.05) is 31.6 Å². The van der Waals surface area contributed by atoms with Crippen molar-refractivity contribution in [1.29, 1.82) is 0 Å². The summed E-state index contributed by atoms with van der Waals surface area (Å²) in [6.45, 7) is 9.83. The van der Waals surface area contributed by atoms with Crippen molar-refractivity contribution in [2.24, 2.45) is 11.8 Å². The summed E-state index contributed by atoms with van der Waals surface area (Å²) in [6.07, 6.45) is 2.39. The number of rotatable bonds is 8. The van der Waals surface area contributed by atoms with Crippen molar-refractivity contribution in [2.45, 2.75) is 58.7 Å². The molecule has 0 bridgehead atoms. The topological polar surface area (TPSA) is 94.1 Å². The molecular weight excluding hydrogens is 408 g/mol. The van der Waals surface area contributed by atoms with Gasteiger partial charge in [-0.05, 0) is 58.7 Å². The zero-order valence-electron chi connectivity index (χ0n) is 19.9. The number of aliphatic hydroxyl groups is 1. The van der Waals surface area contributed by atoms with E-state index < -0.39 is 0 Å². The van der Waals surface area contributed by atoms with E-state index in [0.717, 1.165) is 19.0 Å². The lowest BCUT2D eigenvalue weighted by Gasteiger charge is -2.38. The molecule has 32 heavy (non-hydrogen) atoms. The number of aliphatic hydroxyl groups excluding tert-OH is 1. The van der Waals surface area contributed by atoms with Gasteiger partial charge in [-0.1, -0.05) is 13.0 Å². The summed E-state index contributed by atoms with van der Waals surface area (Å²) >= 11 is 0. The SMILES string of the molecule is CC(C)NC(=O)Nc1cccc2c1O[C@@H](CN(C)CC1CC1)[C@H](C)CN([C@@H](C)CO)C2=O. The maximum atomic E-state index is 13.4. The predicted octanol–water partition coefficient (Wildman–Crippen LogP) is 2.78. The van der Waals surface area contributed by atoms with Crippen LogP contribution < -0.4 is 15.4 Å². The second-order valence-corrected chi connectivity index (χ2v) is 9.72. The van der Waals surface area contributed by atoms with Crippen molar-refractivity contribution in [2.75, 3.05) is 38.6 Å². The number of likely N-dealkylation sites (N-methyl/N-ethyl adjacent to an activating group) is 1. The standard InChI is InChI=1S/C24H38N4O4/c1-15(2)25-24(31)26-20-8-6-7-19-22(20)32-21(13-27(5)12-18-9-10-18)16(3)11-28(23(19)30)17(4)14-29/h6-8,15-18,21,29H,9-14H2,1-5H3,(H2,25,26,31)/t16-,17+,21+/m1/s1. The van der Waals surface area contributed by atoms with E-state index in [2.05, 4.69) is 29.5 Å². The number of benzene rings is 1. The summed E-state index contributed by atoms with van der Waals surface area (Å²) in [5.74, 6) is 0.995. The Bertz CT molecular complexity index is 811. The molecule has 178 valence electrons. The van der Waals surface area contributed by atoms with Gasteiger partial charge < -0.3 is 30.3 Å². The lowest BCUT2D eigenvalue weighted by molar-refractivity contribution is 0.0346. The third kappa shape index (κ3) is 6.13. The molecule has 1 heterocycles. The van der Waals surface area contributed by atoms with E-state index in [1.54, 1.807) is 23.1 Å². The minimum atomic E-state index is -0.345. The van der Waals surface area contributed by atoms with Crippen LogP contribution in [-0.2, 0) is 0 Å². The van der Waals surface area contributed by atoms with Crippen molar-refractivity contribution >= 4 is 17.6 Å². The summed E-state index contributed by atoms with van der Waals surface area (Å²) in [7, 11) is 2.10. The fourth-order valence-electron chi connectivity index (χ4n) is 4.10. The maximum Gasteiger partial charge on any atom is 0.319 e. The zero-order chi connectivity index (χ0) is 23.4. The summed E-state index contributed by atoms with van der Waals surface area (Å²) < 4.78 is 6.50. The number of nitrogens with zero attached hydrogens (tertiary/aromatic N) is 2.